The number of hydrogen-bond donors (Lipinski definition) is 2. The van der Waals surface area contributed by atoms with Gasteiger partial charge in [-0.3, -0.25) is 4.79 Å². The van der Waals surface area contributed by atoms with Gasteiger partial charge in [-0.25, -0.2) is 0 Å². The van der Waals surface area contributed by atoms with E-state index in [1.165, 1.54) is 0 Å². The van der Waals surface area contributed by atoms with E-state index in [1.54, 1.807) is 27.0 Å². The molecule has 0 spiro atoms. The first-order valence-electron chi connectivity index (χ1n) is 7.08. The van der Waals surface area contributed by atoms with Crippen LogP contribution in [0, 0.1) is 5.41 Å². The molecule has 0 fully saturated rings. The van der Waals surface area contributed by atoms with Crippen LogP contribution in [0.15, 0.2) is 18.2 Å². The molecule has 0 aliphatic carbocycles. The van der Waals surface area contributed by atoms with Crippen molar-refractivity contribution in [1.82, 2.24) is 0 Å². The van der Waals surface area contributed by atoms with Crippen molar-refractivity contribution in [2.75, 3.05) is 13.7 Å². The summed E-state index contributed by atoms with van der Waals surface area (Å²) in [5.41, 5.74) is 6.01. The smallest absolute Gasteiger partial charge is 0.312 e. The van der Waals surface area contributed by atoms with Gasteiger partial charge >= 0.3 is 5.97 Å². The second kappa shape index (κ2) is 7.31. The molecule has 0 saturated carbocycles. The van der Waals surface area contributed by atoms with Crippen molar-refractivity contribution in [3.63, 3.8) is 0 Å². The fourth-order valence-electron chi connectivity index (χ4n) is 1.71. The summed E-state index contributed by atoms with van der Waals surface area (Å²) in [6.07, 6.45) is 1.55. The molecule has 0 heterocycles. The number of carboxylic acid groups (broad SMARTS) is 1. The van der Waals surface area contributed by atoms with Crippen LogP contribution in [0.3, 0.4) is 0 Å². The van der Waals surface area contributed by atoms with E-state index in [2.05, 4.69) is 0 Å². The molecule has 0 aliphatic heterocycles. The van der Waals surface area contributed by atoms with E-state index in [-0.39, 0.29) is 12.6 Å². The molecule has 1 aromatic carbocycles. The molecule has 0 amide bonds. The summed E-state index contributed by atoms with van der Waals surface area (Å²) in [4.78, 5) is 11.1. The van der Waals surface area contributed by atoms with Crippen molar-refractivity contribution in [1.29, 1.82) is 0 Å². The first kappa shape index (κ1) is 17.3. The molecule has 118 valence electrons. The highest BCUT2D eigenvalue weighted by Gasteiger charge is 2.28. The van der Waals surface area contributed by atoms with E-state index in [0.29, 0.717) is 17.9 Å². The molecule has 1 aromatic rings. The van der Waals surface area contributed by atoms with Gasteiger partial charge in [0.05, 0.1) is 12.5 Å². The SMILES string of the molecule is CCC(N)Cc1ccc(OC)cc1OCC(C)(C)C(=O)O. The lowest BCUT2D eigenvalue weighted by Gasteiger charge is -2.22. The highest BCUT2D eigenvalue weighted by Crippen LogP contribution is 2.28. The molecular weight excluding hydrogens is 270 g/mol. The Morgan fingerprint density at radius 1 is 1.43 bits per heavy atom. The van der Waals surface area contributed by atoms with Crippen LogP contribution in [0.2, 0.25) is 0 Å². The lowest BCUT2D eigenvalue weighted by Crippen LogP contribution is -2.31. The molecule has 0 aromatic heterocycles. The van der Waals surface area contributed by atoms with E-state index in [1.807, 2.05) is 19.1 Å². The van der Waals surface area contributed by atoms with Gasteiger partial charge in [-0.05, 0) is 38.3 Å². The van der Waals surface area contributed by atoms with Crippen molar-refractivity contribution in [2.24, 2.45) is 11.1 Å². The summed E-state index contributed by atoms with van der Waals surface area (Å²) in [5.74, 6) is 0.414. The molecule has 3 N–H and O–H groups in total. The zero-order valence-corrected chi connectivity index (χ0v) is 13.2. The quantitative estimate of drug-likeness (QED) is 0.770. The maximum atomic E-state index is 11.1. The van der Waals surface area contributed by atoms with Crippen LogP contribution < -0.4 is 15.2 Å². The predicted octanol–water partition coefficient (Wildman–Crippen LogP) is 2.46. The minimum atomic E-state index is -0.951. The maximum Gasteiger partial charge on any atom is 0.312 e. The van der Waals surface area contributed by atoms with Crippen LogP contribution in [-0.4, -0.2) is 30.8 Å². The lowest BCUT2D eigenvalue weighted by molar-refractivity contribution is -0.148. The van der Waals surface area contributed by atoms with Gasteiger partial charge in [-0.2, -0.15) is 0 Å². The number of benzene rings is 1. The Bertz CT molecular complexity index is 485. The minimum Gasteiger partial charge on any atom is -0.497 e. The minimum absolute atomic E-state index is 0.0493. The van der Waals surface area contributed by atoms with Gasteiger partial charge in [0.2, 0.25) is 0 Å². The van der Waals surface area contributed by atoms with Gasteiger partial charge in [-0.1, -0.05) is 13.0 Å². The monoisotopic (exact) mass is 295 g/mol. The van der Waals surface area contributed by atoms with Crippen LogP contribution in [-0.2, 0) is 11.2 Å². The van der Waals surface area contributed by atoms with Crippen molar-refractivity contribution in [3.8, 4) is 11.5 Å². The topological polar surface area (TPSA) is 81.8 Å². The summed E-state index contributed by atoms with van der Waals surface area (Å²) in [5, 5.41) is 9.15. The number of carbonyl (C=O) groups is 1. The molecule has 1 atom stereocenters. The molecule has 0 aliphatic rings. The van der Waals surface area contributed by atoms with E-state index < -0.39 is 11.4 Å². The summed E-state index contributed by atoms with van der Waals surface area (Å²) in [7, 11) is 1.58. The molecule has 0 saturated heterocycles. The molecule has 5 nitrogen and oxygen atoms in total. The molecule has 1 rings (SSSR count). The van der Waals surface area contributed by atoms with Crippen LogP contribution >= 0.6 is 0 Å². The Morgan fingerprint density at radius 3 is 2.62 bits per heavy atom. The first-order valence-corrected chi connectivity index (χ1v) is 7.08. The van der Waals surface area contributed by atoms with Crippen molar-refractivity contribution < 1.29 is 19.4 Å². The second-order valence-corrected chi connectivity index (χ2v) is 5.82. The largest absolute Gasteiger partial charge is 0.497 e. The maximum absolute atomic E-state index is 11.1. The number of aliphatic carboxylic acids is 1. The normalized spacial score (nSPS) is 12.8. The highest BCUT2D eigenvalue weighted by atomic mass is 16.5. The zero-order chi connectivity index (χ0) is 16.0. The second-order valence-electron chi connectivity index (χ2n) is 5.82. The number of hydrogen-bond acceptors (Lipinski definition) is 4. The fraction of sp³-hybridized carbons (Fsp3) is 0.562. The standard InChI is InChI=1S/C16H25NO4/c1-5-12(17)8-11-6-7-13(20-4)9-14(11)21-10-16(2,3)15(18)19/h6-7,9,12H,5,8,10,17H2,1-4H3,(H,18,19). The molecule has 0 radical (unpaired) electrons. The number of nitrogens with two attached hydrogens (primary N) is 1. The van der Waals surface area contributed by atoms with E-state index in [9.17, 15) is 4.79 Å². The van der Waals surface area contributed by atoms with E-state index in [0.717, 1.165) is 12.0 Å². The zero-order valence-electron chi connectivity index (χ0n) is 13.2. The third kappa shape index (κ3) is 4.93. The van der Waals surface area contributed by atoms with Gasteiger partial charge in [0.1, 0.15) is 18.1 Å². The van der Waals surface area contributed by atoms with Crippen LogP contribution in [0.1, 0.15) is 32.8 Å². The number of methoxy groups -OCH3 is 1. The van der Waals surface area contributed by atoms with Gasteiger partial charge < -0.3 is 20.3 Å². The Hall–Kier alpha value is -1.75. The Labute approximate surface area is 126 Å². The Balaban J connectivity index is 2.93. The van der Waals surface area contributed by atoms with E-state index in [4.69, 9.17) is 20.3 Å². The third-order valence-electron chi connectivity index (χ3n) is 3.45. The van der Waals surface area contributed by atoms with Crippen molar-refractivity contribution in [3.05, 3.63) is 23.8 Å². The molecule has 0 bridgehead atoms. The Morgan fingerprint density at radius 2 is 2.10 bits per heavy atom. The first-order chi connectivity index (χ1) is 9.80. The Kier molecular flexibility index (Phi) is 6.03. The average molecular weight is 295 g/mol. The number of ether oxygens (including phenoxy) is 2. The highest BCUT2D eigenvalue weighted by molar-refractivity contribution is 5.73. The molecule has 5 heteroatoms. The average Bonchev–Trinajstić information content (AvgIpc) is 2.45. The van der Waals surface area contributed by atoms with Crippen LogP contribution in [0.5, 0.6) is 11.5 Å². The third-order valence-corrected chi connectivity index (χ3v) is 3.45. The summed E-state index contributed by atoms with van der Waals surface area (Å²) >= 11 is 0. The van der Waals surface area contributed by atoms with Gasteiger partial charge in [-0.15, -0.1) is 0 Å². The van der Waals surface area contributed by atoms with Gasteiger partial charge in [0.15, 0.2) is 0 Å². The van der Waals surface area contributed by atoms with Gasteiger partial charge in [0.25, 0.3) is 0 Å². The molecular formula is C16H25NO4. The van der Waals surface area contributed by atoms with Crippen LogP contribution in [0.4, 0.5) is 0 Å². The van der Waals surface area contributed by atoms with Crippen molar-refractivity contribution >= 4 is 5.97 Å². The summed E-state index contributed by atoms with van der Waals surface area (Å²) < 4.78 is 10.9. The summed E-state index contributed by atoms with van der Waals surface area (Å²) in [6.45, 7) is 5.38. The van der Waals surface area contributed by atoms with Crippen molar-refractivity contribution in [2.45, 2.75) is 39.7 Å². The lowest BCUT2D eigenvalue weighted by atomic mass is 9.95. The molecule has 1 unspecified atom stereocenters. The van der Waals surface area contributed by atoms with Crippen LogP contribution in [0.25, 0.3) is 0 Å². The predicted molar refractivity (Wildman–Crippen MR) is 81.9 cm³/mol. The number of carboxylic acids is 1. The number of rotatable bonds is 8. The fourth-order valence-corrected chi connectivity index (χ4v) is 1.71. The summed E-state index contributed by atoms with van der Waals surface area (Å²) in [6, 6.07) is 5.59. The molecule has 21 heavy (non-hydrogen) atoms. The van der Waals surface area contributed by atoms with E-state index >= 15 is 0 Å². The van der Waals surface area contributed by atoms with Gasteiger partial charge in [0, 0.05) is 12.1 Å².